The van der Waals surface area contributed by atoms with E-state index in [1.165, 1.54) is 31.4 Å². The third-order valence-electron chi connectivity index (χ3n) is 7.85. The molecular formula is C34H30F2N2O6. The summed E-state index contributed by atoms with van der Waals surface area (Å²) in [5.41, 5.74) is 2.61. The highest BCUT2D eigenvalue weighted by Gasteiger charge is 2.33. The summed E-state index contributed by atoms with van der Waals surface area (Å²) in [5.74, 6) is -1.15. The fraction of sp³-hybridized carbons (Fsp3) is 0.235. The minimum absolute atomic E-state index is 0.0103. The molecule has 8 bridgehead atoms. The van der Waals surface area contributed by atoms with E-state index < -0.39 is 23.6 Å². The zero-order valence-electron chi connectivity index (χ0n) is 23.9. The van der Waals surface area contributed by atoms with Crippen molar-refractivity contribution in [2.75, 3.05) is 26.8 Å². The van der Waals surface area contributed by atoms with E-state index >= 15 is 0 Å². The third-order valence-corrected chi connectivity index (χ3v) is 7.85. The molecule has 1 atom stereocenters. The van der Waals surface area contributed by atoms with Gasteiger partial charge in [0.05, 0.1) is 31.7 Å². The Morgan fingerprint density at radius 1 is 1.07 bits per heavy atom. The molecule has 0 radical (unpaired) electrons. The smallest absolute Gasteiger partial charge is 0.255 e. The number of phenols is 1. The number of rotatable bonds is 3. The van der Waals surface area contributed by atoms with E-state index in [4.69, 9.17) is 14.2 Å². The summed E-state index contributed by atoms with van der Waals surface area (Å²) in [7, 11) is 1.53. The maximum Gasteiger partial charge on any atom is 0.255 e. The first-order valence-electron chi connectivity index (χ1n) is 14.3. The molecule has 0 aromatic heterocycles. The number of amides is 2. The lowest BCUT2D eigenvalue weighted by Crippen LogP contribution is -2.41. The van der Waals surface area contributed by atoms with Crippen molar-refractivity contribution in [2.45, 2.75) is 25.3 Å². The van der Waals surface area contributed by atoms with Crippen molar-refractivity contribution in [1.82, 2.24) is 10.2 Å². The van der Waals surface area contributed by atoms with Crippen LogP contribution in [-0.2, 0) is 17.6 Å². The predicted molar refractivity (Wildman–Crippen MR) is 157 cm³/mol. The maximum absolute atomic E-state index is 14.5. The molecule has 0 saturated heterocycles. The first-order chi connectivity index (χ1) is 21.3. The molecule has 0 spiro atoms. The Labute approximate surface area is 252 Å². The molecule has 8 nitrogen and oxygen atoms in total. The topological polar surface area (TPSA) is 97.3 Å². The standard InChI is InChI=1S/C34H30F2N2O6/c1-42-29-11-6-22-17-30(29)43-15-3-13-37-34(41)26-19-24(8-10-28(26)39)44-23-7-9-25-20(16-23)12-14-38(33(22)25)31(40)18-21-4-2-5-27(35)32(21)36/h2,4-11,16-17,19,33,39H,3,12-15,18H2,1H3,(H,37,41). The molecule has 2 N–H and O–H groups in total. The van der Waals surface area contributed by atoms with Gasteiger partial charge < -0.3 is 29.5 Å². The number of carbonyl (C=O) groups excluding carboxylic acids is 2. The Balaban J connectivity index is 1.43. The highest BCUT2D eigenvalue weighted by molar-refractivity contribution is 5.97. The van der Waals surface area contributed by atoms with Gasteiger partial charge >= 0.3 is 0 Å². The Bertz CT molecular complexity index is 1740. The lowest BCUT2D eigenvalue weighted by molar-refractivity contribution is -0.132. The number of nitrogens with one attached hydrogen (secondary N) is 1. The summed E-state index contributed by atoms with van der Waals surface area (Å²) in [5, 5.41) is 13.1. The van der Waals surface area contributed by atoms with Crippen LogP contribution in [0.5, 0.6) is 28.7 Å². The largest absolute Gasteiger partial charge is 0.507 e. The summed E-state index contributed by atoms with van der Waals surface area (Å²) < 4.78 is 46.2. The fourth-order valence-corrected chi connectivity index (χ4v) is 5.67. The number of halogens is 2. The first kappa shape index (κ1) is 29.0. The number of phenolic OH excluding ortho intramolecular Hbond substituents is 1. The van der Waals surface area contributed by atoms with Gasteiger partial charge in [-0.15, -0.1) is 0 Å². The van der Waals surface area contributed by atoms with Gasteiger partial charge in [-0.1, -0.05) is 24.3 Å². The molecular weight excluding hydrogens is 570 g/mol. The van der Waals surface area contributed by atoms with E-state index in [0.717, 1.165) is 22.8 Å². The van der Waals surface area contributed by atoms with Crippen molar-refractivity contribution in [1.29, 1.82) is 0 Å². The zero-order chi connectivity index (χ0) is 30.8. The molecule has 3 aliphatic heterocycles. The molecule has 0 saturated carbocycles. The van der Waals surface area contributed by atoms with E-state index in [1.54, 1.807) is 23.1 Å². The molecule has 7 rings (SSSR count). The van der Waals surface area contributed by atoms with E-state index in [9.17, 15) is 23.5 Å². The van der Waals surface area contributed by atoms with Crippen LogP contribution < -0.4 is 19.5 Å². The van der Waals surface area contributed by atoms with Crippen molar-refractivity contribution in [3.8, 4) is 28.7 Å². The average molecular weight is 601 g/mol. The van der Waals surface area contributed by atoms with Crippen LogP contribution in [0.25, 0.3) is 0 Å². The van der Waals surface area contributed by atoms with Crippen LogP contribution in [-0.4, -0.2) is 48.6 Å². The van der Waals surface area contributed by atoms with Crippen molar-refractivity contribution >= 4 is 11.8 Å². The van der Waals surface area contributed by atoms with Gasteiger partial charge in [0.2, 0.25) is 5.91 Å². The Morgan fingerprint density at radius 2 is 1.89 bits per heavy atom. The molecule has 4 aromatic carbocycles. The van der Waals surface area contributed by atoms with Crippen molar-refractivity contribution < 1.29 is 37.7 Å². The van der Waals surface area contributed by atoms with Gasteiger partial charge in [-0.2, -0.15) is 0 Å². The van der Waals surface area contributed by atoms with Crippen LogP contribution in [0.1, 0.15) is 45.1 Å². The van der Waals surface area contributed by atoms with E-state index in [0.29, 0.717) is 42.4 Å². The summed E-state index contributed by atoms with van der Waals surface area (Å²) in [6.45, 7) is 0.862. The Kier molecular flexibility index (Phi) is 8.06. The predicted octanol–water partition coefficient (Wildman–Crippen LogP) is 5.70. The number of ether oxygens (including phenoxy) is 3. The number of hydrogen-bond acceptors (Lipinski definition) is 6. The Hall–Kier alpha value is -5.12. The van der Waals surface area contributed by atoms with Gasteiger partial charge in [0, 0.05) is 18.7 Å². The quantitative estimate of drug-likeness (QED) is 0.313. The van der Waals surface area contributed by atoms with Crippen molar-refractivity contribution in [3.05, 3.63) is 112 Å². The zero-order valence-corrected chi connectivity index (χ0v) is 23.9. The molecule has 226 valence electrons. The molecule has 10 heteroatoms. The summed E-state index contributed by atoms with van der Waals surface area (Å²) in [6.07, 6.45) is 0.655. The molecule has 44 heavy (non-hydrogen) atoms. The number of nitrogens with zero attached hydrogens (tertiary/aromatic N) is 1. The minimum atomic E-state index is -1.03. The second kappa shape index (κ2) is 12.2. The van der Waals surface area contributed by atoms with Crippen molar-refractivity contribution in [2.24, 2.45) is 0 Å². The van der Waals surface area contributed by atoms with Gasteiger partial charge in [0.1, 0.15) is 17.2 Å². The van der Waals surface area contributed by atoms with Crippen LogP contribution >= 0.6 is 0 Å². The SMILES string of the molecule is COc1ccc2cc1OCCCNC(=O)c1cc(ccc1O)Oc1ccc3c(c1)CCN(C(=O)Cc1cccc(F)c1F)C23. The fourth-order valence-electron chi connectivity index (χ4n) is 5.67. The summed E-state index contributed by atoms with van der Waals surface area (Å²) in [6, 6.07) is 18.7. The van der Waals surface area contributed by atoms with E-state index in [2.05, 4.69) is 5.32 Å². The molecule has 1 unspecified atom stereocenters. The van der Waals surface area contributed by atoms with E-state index in [1.807, 2.05) is 24.3 Å². The highest BCUT2D eigenvalue weighted by Crippen LogP contribution is 2.41. The molecule has 0 fully saturated rings. The van der Waals surface area contributed by atoms with Gasteiger partial charge in [0.25, 0.3) is 5.91 Å². The minimum Gasteiger partial charge on any atom is -0.507 e. The third kappa shape index (κ3) is 5.75. The number of methoxy groups -OCH3 is 1. The average Bonchev–Trinajstić information content (AvgIpc) is 3.02. The van der Waals surface area contributed by atoms with Gasteiger partial charge in [-0.25, -0.2) is 8.78 Å². The monoisotopic (exact) mass is 600 g/mol. The lowest BCUT2D eigenvalue weighted by atomic mass is 9.87. The number of fused-ring (bicyclic) bond motifs is 6. The maximum atomic E-state index is 14.5. The van der Waals surface area contributed by atoms with E-state index in [-0.39, 0.29) is 42.4 Å². The second-order valence-corrected chi connectivity index (χ2v) is 10.6. The molecule has 0 aliphatic carbocycles. The second-order valence-electron chi connectivity index (χ2n) is 10.6. The van der Waals surface area contributed by atoms with Crippen LogP contribution in [0, 0.1) is 11.6 Å². The molecule has 3 aliphatic rings. The number of aromatic hydroxyl groups is 1. The van der Waals surface area contributed by atoms with Crippen LogP contribution in [0.4, 0.5) is 8.78 Å². The van der Waals surface area contributed by atoms with Gasteiger partial charge in [-0.3, -0.25) is 9.59 Å². The number of benzene rings is 4. The van der Waals surface area contributed by atoms with Crippen LogP contribution in [0.2, 0.25) is 0 Å². The first-order valence-corrected chi connectivity index (χ1v) is 14.3. The van der Waals surface area contributed by atoms with Gasteiger partial charge in [0.15, 0.2) is 23.1 Å². The molecule has 4 aromatic rings. The Morgan fingerprint density at radius 3 is 2.73 bits per heavy atom. The highest BCUT2D eigenvalue weighted by atomic mass is 19.2. The number of hydrogen-bond donors (Lipinski definition) is 2. The molecule has 2 amide bonds. The molecule has 3 heterocycles. The van der Waals surface area contributed by atoms with Gasteiger partial charge in [-0.05, 0) is 78.1 Å². The van der Waals surface area contributed by atoms with Crippen LogP contribution in [0.15, 0.2) is 72.8 Å². The lowest BCUT2D eigenvalue weighted by Gasteiger charge is -2.38. The van der Waals surface area contributed by atoms with Crippen LogP contribution in [0.3, 0.4) is 0 Å². The summed E-state index contributed by atoms with van der Waals surface area (Å²) >= 11 is 0. The summed E-state index contributed by atoms with van der Waals surface area (Å²) in [4.78, 5) is 28.2. The number of carbonyl (C=O) groups is 2. The van der Waals surface area contributed by atoms with Crippen molar-refractivity contribution in [3.63, 3.8) is 0 Å². The normalized spacial score (nSPS) is 16.2.